The van der Waals surface area contributed by atoms with Crippen molar-refractivity contribution >= 4 is 50.1 Å². The van der Waals surface area contributed by atoms with Crippen LogP contribution in [0.4, 0.5) is 4.39 Å². The summed E-state index contributed by atoms with van der Waals surface area (Å²) >= 11 is 12.0. The molecule has 0 fully saturated rings. The van der Waals surface area contributed by atoms with Crippen LogP contribution in [0.25, 0.3) is 0 Å². The van der Waals surface area contributed by atoms with E-state index in [-0.39, 0.29) is 10.6 Å². The van der Waals surface area contributed by atoms with Gasteiger partial charge in [0.05, 0.1) is 0 Å². The summed E-state index contributed by atoms with van der Waals surface area (Å²) in [6, 6.07) is 10.9. The molecule has 0 heterocycles. The minimum absolute atomic E-state index is 0.0497. The smallest absolute Gasteiger partial charge is 0.127 e. The fourth-order valence-electron chi connectivity index (χ4n) is 1.93. The molecule has 0 aliphatic rings. The van der Waals surface area contributed by atoms with Crippen molar-refractivity contribution in [2.75, 3.05) is 0 Å². The molecule has 0 spiro atoms. The third-order valence-electron chi connectivity index (χ3n) is 3.00. The predicted octanol–water partition coefficient (Wildman–Crippen LogP) is 6.07. The number of rotatable bonds is 3. The molecule has 0 nitrogen and oxygen atoms in total. The molecule has 0 bridgehead atoms. The van der Waals surface area contributed by atoms with Gasteiger partial charge in [-0.1, -0.05) is 51.8 Å². The summed E-state index contributed by atoms with van der Waals surface area (Å²) in [5, 5.41) is 0.479. The summed E-state index contributed by atoms with van der Waals surface area (Å²) in [5.41, 5.74) is 2.95. The average molecular weight is 454 g/mol. The molecule has 0 N–H and O–H groups in total. The molecule has 19 heavy (non-hydrogen) atoms. The quantitative estimate of drug-likeness (QED) is 0.391. The molecule has 100 valence electrons. The molecule has 0 aliphatic carbocycles. The molecule has 2 aromatic carbocycles. The van der Waals surface area contributed by atoms with E-state index >= 15 is 0 Å². The van der Waals surface area contributed by atoms with Gasteiger partial charge in [0.15, 0.2) is 0 Å². The van der Waals surface area contributed by atoms with Gasteiger partial charge in [0.2, 0.25) is 0 Å². The lowest BCUT2D eigenvalue weighted by Crippen LogP contribution is -2.02. The van der Waals surface area contributed by atoms with Crippen molar-refractivity contribution in [2.24, 2.45) is 0 Å². The van der Waals surface area contributed by atoms with Crippen LogP contribution in [-0.4, -0.2) is 0 Å². The summed E-state index contributed by atoms with van der Waals surface area (Å²) in [7, 11) is 0. The van der Waals surface area contributed by atoms with Crippen LogP contribution in [0.1, 0.15) is 21.5 Å². The molecule has 0 aliphatic heterocycles. The number of aryl methyl sites for hydroxylation is 1. The van der Waals surface area contributed by atoms with Crippen LogP contribution in [0.15, 0.2) is 36.4 Å². The highest BCUT2D eigenvalue weighted by atomic mass is 127. The molecule has 1 atom stereocenters. The molecule has 0 saturated carbocycles. The Balaban J connectivity index is 2.31. The second kappa shape index (κ2) is 6.55. The normalized spacial score (nSPS) is 12.5. The average Bonchev–Trinajstić information content (AvgIpc) is 2.37. The first kappa shape index (κ1) is 15.3. The Hall–Kier alpha value is -0.130. The maximum atomic E-state index is 13.8. The zero-order valence-electron chi connectivity index (χ0n) is 10.3. The van der Waals surface area contributed by atoms with Gasteiger partial charge in [-0.25, -0.2) is 4.39 Å². The van der Waals surface area contributed by atoms with Crippen LogP contribution in [0.2, 0.25) is 5.02 Å². The lowest BCUT2D eigenvalue weighted by atomic mass is 10.0. The summed E-state index contributed by atoms with van der Waals surface area (Å²) in [5.74, 6) is -0.250. The number of hydrogen-bond donors (Lipinski definition) is 0. The van der Waals surface area contributed by atoms with Gasteiger partial charge < -0.3 is 0 Å². The van der Waals surface area contributed by atoms with Crippen LogP contribution < -0.4 is 0 Å². The fraction of sp³-hybridized carbons (Fsp3) is 0.200. The molecule has 0 radical (unpaired) electrons. The van der Waals surface area contributed by atoms with E-state index in [0.29, 0.717) is 17.0 Å². The van der Waals surface area contributed by atoms with Crippen LogP contribution in [0, 0.1) is 16.3 Å². The Bertz CT molecular complexity index is 580. The minimum Gasteiger partial charge on any atom is -0.207 e. The van der Waals surface area contributed by atoms with Gasteiger partial charge in [-0.2, -0.15) is 0 Å². The predicted molar refractivity (Wildman–Crippen MR) is 90.7 cm³/mol. The van der Waals surface area contributed by atoms with E-state index in [4.69, 9.17) is 11.6 Å². The zero-order chi connectivity index (χ0) is 14.0. The van der Waals surface area contributed by atoms with Crippen LogP contribution in [0.3, 0.4) is 0 Å². The first-order valence-corrected chi connectivity index (χ1v) is 8.20. The Kier molecular flexibility index (Phi) is 5.26. The molecular formula is C15H12BrClFI. The van der Waals surface area contributed by atoms with Gasteiger partial charge in [-0.15, -0.1) is 0 Å². The van der Waals surface area contributed by atoms with E-state index < -0.39 is 0 Å². The maximum Gasteiger partial charge on any atom is 0.127 e. The Labute approximate surface area is 139 Å². The Morgan fingerprint density at radius 2 is 1.95 bits per heavy atom. The van der Waals surface area contributed by atoms with Crippen LogP contribution in [0.5, 0.6) is 0 Å². The van der Waals surface area contributed by atoms with E-state index in [2.05, 4.69) is 57.6 Å². The van der Waals surface area contributed by atoms with Gasteiger partial charge >= 0.3 is 0 Å². The zero-order valence-corrected chi connectivity index (χ0v) is 14.8. The number of halogens is 4. The van der Waals surface area contributed by atoms with Crippen LogP contribution >= 0.6 is 50.1 Å². The molecule has 2 rings (SSSR count). The standard InChI is InChI=1S/C15H12BrClFI/c1-9-4-2-5-10(15(9)19)12(16)8-11-13(17)6-3-7-14(11)18/h2-7,12H,8H2,1H3. The number of benzene rings is 2. The minimum atomic E-state index is -0.250. The van der Waals surface area contributed by atoms with Crippen molar-refractivity contribution < 1.29 is 4.39 Å². The van der Waals surface area contributed by atoms with Crippen molar-refractivity contribution in [3.05, 3.63) is 67.5 Å². The fourth-order valence-corrected chi connectivity index (χ4v) is 4.04. The molecule has 0 amide bonds. The Morgan fingerprint density at radius 1 is 1.26 bits per heavy atom. The van der Waals surface area contributed by atoms with Gasteiger partial charge in [-0.3, -0.25) is 0 Å². The summed E-state index contributed by atoms with van der Waals surface area (Å²) in [4.78, 5) is 0.0497. The SMILES string of the molecule is Cc1cccc(C(Br)Cc2c(F)cccc2Cl)c1I. The van der Waals surface area contributed by atoms with Crippen LogP contribution in [-0.2, 0) is 6.42 Å². The number of hydrogen-bond acceptors (Lipinski definition) is 0. The number of alkyl halides is 1. The summed E-state index contributed by atoms with van der Waals surface area (Å²) < 4.78 is 15.0. The molecule has 0 aromatic heterocycles. The highest BCUT2D eigenvalue weighted by Crippen LogP contribution is 2.34. The third kappa shape index (κ3) is 3.50. The molecule has 1 unspecified atom stereocenters. The molecule has 2 aromatic rings. The third-order valence-corrected chi connectivity index (χ3v) is 5.65. The monoisotopic (exact) mass is 452 g/mol. The van der Waals surface area contributed by atoms with Gasteiger partial charge in [-0.05, 0) is 59.2 Å². The topological polar surface area (TPSA) is 0 Å². The first-order valence-electron chi connectivity index (χ1n) is 5.82. The summed E-state index contributed by atoms with van der Waals surface area (Å²) in [6.45, 7) is 2.07. The second-order valence-corrected chi connectivity index (χ2v) is 6.94. The highest BCUT2D eigenvalue weighted by Gasteiger charge is 2.16. The lowest BCUT2D eigenvalue weighted by molar-refractivity contribution is 0.608. The highest BCUT2D eigenvalue weighted by molar-refractivity contribution is 14.1. The molecule has 4 heteroatoms. The Morgan fingerprint density at radius 3 is 2.63 bits per heavy atom. The first-order chi connectivity index (χ1) is 9.00. The van der Waals surface area contributed by atoms with Crippen molar-refractivity contribution in [1.82, 2.24) is 0 Å². The van der Waals surface area contributed by atoms with E-state index in [9.17, 15) is 4.39 Å². The maximum absolute atomic E-state index is 13.8. The van der Waals surface area contributed by atoms with Crippen molar-refractivity contribution in [3.63, 3.8) is 0 Å². The van der Waals surface area contributed by atoms with Crippen molar-refractivity contribution in [3.8, 4) is 0 Å². The molecular weight excluding hydrogens is 441 g/mol. The second-order valence-electron chi connectivity index (χ2n) is 4.35. The van der Waals surface area contributed by atoms with Gasteiger partial charge in [0, 0.05) is 19.0 Å². The summed E-state index contributed by atoms with van der Waals surface area (Å²) in [6.07, 6.45) is 0.533. The van der Waals surface area contributed by atoms with E-state index in [1.165, 1.54) is 20.8 Å². The van der Waals surface area contributed by atoms with E-state index in [1.54, 1.807) is 12.1 Å². The van der Waals surface area contributed by atoms with E-state index in [0.717, 1.165) is 0 Å². The van der Waals surface area contributed by atoms with Gasteiger partial charge in [0.1, 0.15) is 5.82 Å². The lowest BCUT2D eigenvalue weighted by Gasteiger charge is -2.15. The van der Waals surface area contributed by atoms with Gasteiger partial charge in [0.25, 0.3) is 0 Å². The van der Waals surface area contributed by atoms with Crippen molar-refractivity contribution in [2.45, 2.75) is 18.2 Å². The largest absolute Gasteiger partial charge is 0.207 e. The van der Waals surface area contributed by atoms with E-state index in [1.807, 2.05) is 6.07 Å². The molecule has 0 saturated heterocycles. The van der Waals surface area contributed by atoms with Crippen molar-refractivity contribution in [1.29, 1.82) is 0 Å².